The summed E-state index contributed by atoms with van der Waals surface area (Å²) in [5.74, 6) is -0.742. The topological polar surface area (TPSA) is 72.5 Å². The van der Waals surface area contributed by atoms with Crippen LogP contribution in [0.15, 0.2) is 35.7 Å². The van der Waals surface area contributed by atoms with Crippen LogP contribution in [-0.2, 0) is 19.6 Å². The van der Waals surface area contributed by atoms with Gasteiger partial charge in [0.15, 0.2) is 0 Å². The third-order valence-electron chi connectivity index (χ3n) is 3.19. The van der Waals surface area contributed by atoms with Gasteiger partial charge in [-0.25, -0.2) is 8.42 Å². The number of hydrogen-bond donors (Lipinski definition) is 1. The summed E-state index contributed by atoms with van der Waals surface area (Å²) in [5, 5.41) is 1.07. The van der Waals surface area contributed by atoms with Crippen molar-refractivity contribution in [3.63, 3.8) is 0 Å². The van der Waals surface area contributed by atoms with Gasteiger partial charge in [0.05, 0.1) is 6.61 Å². The summed E-state index contributed by atoms with van der Waals surface area (Å²) >= 11 is 0. The molecule has 0 aliphatic heterocycles. The first-order valence-electron chi connectivity index (χ1n) is 7.78. The van der Waals surface area contributed by atoms with Gasteiger partial charge in [-0.1, -0.05) is 57.5 Å². The van der Waals surface area contributed by atoms with Crippen molar-refractivity contribution in [2.45, 2.75) is 39.7 Å². The van der Waals surface area contributed by atoms with Crippen molar-refractivity contribution in [3.8, 4) is 0 Å². The second kappa shape index (κ2) is 9.47. The summed E-state index contributed by atoms with van der Waals surface area (Å²) in [5.41, 5.74) is 0.768. The average molecular weight is 339 g/mol. The third kappa shape index (κ3) is 7.43. The fourth-order valence-electron chi connectivity index (χ4n) is 1.81. The lowest BCUT2D eigenvalue weighted by Gasteiger charge is -2.19. The summed E-state index contributed by atoms with van der Waals surface area (Å²) in [6, 6.07) is 8.20. The first kappa shape index (κ1) is 19.4. The van der Waals surface area contributed by atoms with E-state index in [0.717, 1.165) is 23.8 Å². The Labute approximate surface area is 138 Å². The Hall–Kier alpha value is -1.66. The van der Waals surface area contributed by atoms with E-state index in [1.165, 1.54) is 6.08 Å². The molecule has 0 radical (unpaired) electrons. The maximum atomic E-state index is 12.1. The van der Waals surface area contributed by atoms with E-state index in [1.54, 1.807) is 26.0 Å². The molecule has 0 heterocycles. The quantitative estimate of drug-likeness (QED) is 0.554. The SMILES string of the molecule is CCCCOC(=O)[C@@H](NS(=O)(=O)/C=C/c1ccccc1)C(C)C. The molecule has 1 atom stereocenters. The molecule has 0 bridgehead atoms. The van der Waals surface area contributed by atoms with Gasteiger partial charge in [-0.3, -0.25) is 4.79 Å². The minimum absolute atomic E-state index is 0.205. The molecule has 1 aromatic carbocycles. The van der Waals surface area contributed by atoms with Crippen molar-refractivity contribution in [1.82, 2.24) is 4.72 Å². The van der Waals surface area contributed by atoms with Crippen molar-refractivity contribution in [3.05, 3.63) is 41.3 Å². The first-order chi connectivity index (χ1) is 10.9. The van der Waals surface area contributed by atoms with Crippen LogP contribution in [0.1, 0.15) is 39.2 Å². The van der Waals surface area contributed by atoms with Crippen LogP contribution in [0.4, 0.5) is 0 Å². The summed E-state index contributed by atoms with van der Waals surface area (Å²) in [6.07, 6.45) is 3.16. The van der Waals surface area contributed by atoms with E-state index in [9.17, 15) is 13.2 Å². The molecule has 0 aliphatic rings. The normalized spacial score (nSPS) is 13.4. The van der Waals surface area contributed by atoms with Gasteiger partial charge in [-0.15, -0.1) is 0 Å². The van der Waals surface area contributed by atoms with Crippen LogP contribution in [0, 0.1) is 5.92 Å². The van der Waals surface area contributed by atoms with E-state index in [4.69, 9.17) is 4.74 Å². The zero-order valence-electron chi connectivity index (χ0n) is 13.9. The van der Waals surface area contributed by atoms with Crippen LogP contribution in [0.2, 0.25) is 0 Å². The van der Waals surface area contributed by atoms with Gasteiger partial charge in [0.25, 0.3) is 0 Å². The van der Waals surface area contributed by atoms with Crippen molar-refractivity contribution in [1.29, 1.82) is 0 Å². The summed E-state index contributed by atoms with van der Waals surface area (Å²) < 4.78 is 31.8. The second-order valence-electron chi connectivity index (χ2n) is 5.62. The fraction of sp³-hybridized carbons (Fsp3) is 0.471. The minimum atomic E-state index is -3.73. The summed E-state index contributed by atoms with van der Waals surface area (Å²) in [7, 11) is -3.73. The smallest absolute Gasteiger partial charge is 0.324 e. The highest BCUT2D eigenvalue weighted by atomic mass is 32.2. The van der Waals surface area contributed by atoms with Gasteiger partial charge in [-0.05, 0) is 24.0 Å². The third-order valence-corrected chi connectivity index (χ3v) is 4.27. The predicted octanol–water partition coefficient (Wildman–Crippen LogP) is 2.94. The molecule has 1 N–H and O–H groups in total. The monoisotopic (exact) mass is 339 g/mol. The van der Waals surface area contributed by atoms with Crippen molar-refractivity contribution >= 4 is 22.1 Å². The van der Waals surface area contributed by atoms with Crippen LogP contribution >= 0.6 is 0 Å². The lowest BCUT2D eigenvalue weighted by Crippen LogP contribution is -2.44. The van der Waals surface area contributed by atoms with Crippen LogP contribution in [-0.4, -0.2) is 27.0 Å². The van der Waals surface area contributed by atoms with E-state index in [0.29, 0.717) is 6.61 Å². The molecule has 1 aromatic rings. The van der Waals surface area contributed by atoms with E-state index < -0.39 is 22.0 Å². The van der Waals surface area contributed by atoms with Crippen LogP contribution in [0.3, 0.4) is 0 Å². The Morgan fingerprint density at radius 3 is 2.48 bits per heavy atom. The Bertz CT molecular complexity index is 609. The number of carbonyl (C=O) groups excluding carboxylic acids is 1. The second-order valence-corrected chi connectivity index (χ2v) is 7.22. The first-order valence-corrected chi connectivity index (χ1v) is 9.32. The van der Waals surface area contributed by atoms with Gasteiger partial charge in [0.2, 0.25) is 10.0 Å². The zero-order valence-corrected chi connectivity index (χ0v) is 14.7. The lowest BCUT2D eigenvalue weighted by atomic mass is 10.1. The molecule has 0 spiro atoms. The number of nitrogens with one attached hydrogen (secondary N) is 1. The van der Waals surface area contributed by atoms with E-state index >= 15 is 0 Å². The fourth-order valence-corrected chi connectivity index (χ4v) is 2.95. The number of sulfonamides is 1. The summed E-state index contributed by atoms with van der Waals surface area (Å²) in [4.78, 5) is 12.0. The molecular formula is C17H25NO4S. The molecular weight excluding hydrogens is 314 g/mol. The Kier molecular flexibility index (Phi) is 7.98. The van der Waals surface area contributed by atoms with Crippen molar-refractivity contribution < 1.29 is 17.9 Å². The number of carbonyl (C=O) groups is 1. The maximum absolute atomic E-state index is 12.1. The van der Waals surface area contributed by atoms with Gasteiger partial charge < -0.3 is 4.74 Å². The molecule has 0 saturated heterocycles. The Morgan fingerprint density at radius 2 is 1.91 bits per heavy atom. The minimum Gasteiger partial charge on any atom is -0.464 e. The van der Waals surface area contributed by atoms with E-state index in [-0.39, 0.29) is 5.92 Å². The molecule has 1 rings (SSSR count). The number of rotatable bonds is 9. The highest BCUT2D eigenvalue weighted by Gasteiger charge is 2.27. The summed E-state index contributed by atoms with van der Waals surface area (Å²) in [6.45, 7) is 5.84. The van der Waals surface area contributed by atoms with Crippen molar-refractivity contribution in [2.24, 2.45) is 5.92 Å². The number of unbranched alkanes of at least 4 members (excludes halogenated alkanes) is 1. The molecule has 23 heavy (non-hydrogen) atoms. The van der Waals surface area contributed by atoms with Gasteiger partial charge in [-0.2, -0.15) is 4.72 Å². The molecule has 0 aliphatic carbocycles. The molecule has 0 aromatic heterocycles. The van der Waals surface area contributed by atoms with Crippen LogP contribution < -0.4 is 4.72 Å². The van der Waals surface area contributed by atoms with Gasteiger partial charge in [0.1, 0.15) is 6.04 Å². The largest absolute Gasteiger partial charge is 0.464 e. The molecule has 0 amide bonds. The zero-order chi connectivity index (χ0) is 17.3. The predicted molar refractivity (Wildman–Crippen MR) is 92.0 cm³/mol. The van der Waals surface area contributed by atoms with Gasteiger partial charge >= 0.3 is 5.97 Å². The Balaban J connectivity index is 2.74. The highest BCUT2D eigenvalue weighted by molar-refractivity contribution is 7.92. The Morgan fingerprint density at radius 1 is 1.26 bits per heavy atom. The molecule has 6 heteroatoms. The molecule has 128 valence electrons. The van der Waals surface area contributed by atoms with Crippen LogP contribution in [0.5, 0.6) is 0 Å². The van der Waals surface area contributed by atoms with E-state index in [1.807, 2.05) is 25.1 Å². The van der Waals surface area contributed by atoms with Crippen molar-refractivity contribution in [2.75, 3.05) is 6.61 Å². The number of ether oxygens (including phenoxy) is 1. The van der Waals surface area contributed by atoms with E-state index in [2.05, 4.69) is 4.72 Å². The standard InChI is InChI=1S/C17H25NO4S/c1-4-5-12-22-17(19)16(14(2)3)18-23(20,21)13-11-15-9-7-6-8-10-15/h6-11,13-14,16,18H,4-5,12H2,1-3H3/b13-11+/t16-/m0/s1. The molecule has 5 nitrogen and oxygen atoms in total. The number of benzene rings is 1. The maximum Gasteiger partial charge on any atom is 0.324 e. The van der Waals surface area contributed by atoms with Gasteiger partial charge in [0, 0.05) is 5.41 Å². The molecule has 0 saturated carbocycles. The highest BCUT2D eigenvalue weighted by Crippen LogP contribution is 2.09. The molecule has 0 unspecified atom stereocenters. The average Bonchev–Trinajstić information content (AvgIpc) is 2.52. The number of hydrogen-bond acceptors (Lipinski definition) is 4. The van der Waals surface area contributed by atoms with Crippen LogP contribution in [0.25, 0.3) is 6.08 Å². The molecule has 0 fully saturated rings. The number of esters is 1. The lowest BCUT2D eigenvalue weighted by molar-refractivity contribution is -0.146.